The second kappa shape index (κ2) is 6.90. The lowest BCUT2D eigenvalue weighted by molar-refractivity contribution is 0.410. The Hall–Kier alpha value is -1.61. The molecule has 1 aromatic carbocycles. The van der Waals surface area contributed by atoms with Gasteiger partial charge in [0.2, 0.25) is 0 Å². The third-order valence-electron chi connectivity index (χ3n) is 4.26. The molecule has 0 saturated heterocycles. The molecule has 1 unspecified atom stereocenters. The lowest BCUT2D eigenvalue weighted by Crippen LogP contribution is -2.25. The van der Waals surface area contributed by atoms with Crippen molar-refractivity contribution in [2.75, 3.05) is 0 Å². The average Bonchev–Trinajstić information content (AvgIpc) is 2.80. The SMILES string of the molecule is CCc1ccc(C(NCc2cnn(C)c2C)C(C)C)cc1. The van der Waals surface area contributed by atoms with E-state index in [0.29, 0.717) is 12.0 Å². The summed E-state index contributed by atoms with van der Waals surface area (Å²) >= 11 is 0. The summed E-state index contributed by atoms with van der Waals surface area (Å²) in [6.45, 7) is 9.70. The molecule has 0 aliphatic carbocycles. The largest absolute Gasteiger partial charge is 0.306 e. The van der Waals surface area contributed by atoms with Crippen LogP contribution in [0.5, 0.6) is 0 Å². The third-order valence-corrected chi connectivity index (χ3v) is 4.26. The molecule has 0 bridgehead atoms. The number of hydrogen-bond donors (Lipinski definition) is 1. The number of hydrogen-bond acceptors (Lipinski definition) is 2. The molecule has 21 heavy (non-hydrogen) atoms. The zero-order valence-electron chi connectivity index (χ0n) is 13.9. The van der Waals surface area contributed by atoms with Crippen LogP contribution >= 0.6 is 0 Å². The Balaban J connectivity index is 2.10. The van der Waals surface area contributed by atoms with E-state index in [2.05, 4.69) is 62.4 Å². The molecule has 0 spiro atoms. The Kier molecular flexibility index (Phi) is 5.18. The van der Waals surface area contributed by atoms with Crippen molar-refractivity contribution in [2.24, 2.45) is 13.0 Å². The van der Waals surface area contributed by atoms with E-state index in [-0.39, 0.29) is 0 Å². The molecule has 114 valence electrons. The van der Waals surface area contributed by atoms with Crippen LogP contribution in [0.4, 0.5) is 0 Å². The van der Waals surface area contributed by atoms with Gasteiger partial charge in [0.05, 0.1) is 6.20 Å². The highest BCUT2D eigenvalue weighted by Gasteiger charge is 2.16. The molecule has 0 radical (unpaired) electrons. The molecule has 1 N–H and O–H groups in total. The van der Waals surface area contributed by atoms with Crippen LogP contribution in [0.25, 0.3) is 0 Å². The van der Waals surface area contributed by atoms with Gasteiger partial charge in [-0.3, -0.25) is 4.68 Å². The number of aryl methyl sites for hydroxylation is 2. The summed E-state index contributed by atoms with van der Waals surface area (Å²) in [7, 11) is 1.99. The highest BCUT2D eigenvalue weighted by Crippen LogP contribution is 2.23. The maximum absolute atomic E-state index is 4.31. The molecule has 0 aliphatic rings. The van der Waals surface area contributed by atoms with Crippen LogP contribution in [0, 0.1) is 12.8 Å². The molecule has 1 atom stereocenters. The van der Waals surface area contributed by atoms with Gasteiger partial charge in [-0.1, -0.05) is 45.0 Å². The zero-order chi connectivity index (χ0) is 15.4. The predicted octanol–water partition coefficient (Wildman–Crippen LogP) is 3.78. The quantitative estimate of drug-likeness (QED) is 0.875. The zero-order valence-corrected chi connectivity index (χ0v) is 13.9. The van der Waals surface area contributed by atoms with Crippen LogP contribution in [0.2, 0.25) is 0 Å². The van der Waals surface area contributed by atoms with Crippen molar-refractivity contribution in [3.8, 4) is 0 Å². The van der Waals surface area contributed by atoms with E-state index < -0.39 is 0 Å². The fourth-order valence-corrected chi connectivity index (χ4v) is 2.64. The summed E-state index contributed by atoms with van der Waals surface area (Å²) < 4.78 is 1.93. The molecule has 2 aromatic rings. The van der Waals surface area contributed by atoms with E-state index in [1.807, 2.05) is 17.9 Å². The third kappa shape index (κ3) is 3.73. The van der Waals surface area contributed by atoms with Crippen LogP contribution in [-0.4, -0.2) is 9.78 Å². The van der Waals surface area contributed by atoms with Gasteiger partial charge < -0.3 is 5.32 Å². The molecule has 2 rings (SSSR count). The molecule has 3 nitrogen and oxygen atoms in total. The molecule has 1 aromatic heterocycles. The van der Waals surface area contributed by atoms with Crippen LogP contribution < -0.4 is 5.32 Å². The first-order chi connectivity index (χ1) is 10.0. The first kappa shape index (κ1) is 15.8. The standard InChI is InChI=1S/C18H27N3/c1-6-15-7-9-16(10-8-15)18(13(2)3)19-11-17-12-20-21(5)14(17)4/h7-10,12-13,18-19H,6,11H2,1-5H3. The monoisotopic (exact) mass is 285 g/mol. The van der Waals surface area contributed by atoms with Crippen LogP contribution in [0.1, 0.15) is 49.2 Å². The predicted molar refractivity (Wildman–Crippen MR) is 88.2 cm³/mol. The van der Waals surface area contributed by atoms with Gasteiger partial charge in [0.25, 0.3) is 0 Å². The highest BCUT2D eigenvalue weighted by atomic mass is 15.3. The Morgan fingerprint density at radius 3 is 2.33 bits per heavy atom. The average molecular weight is 285 g/mol. The number of rotatable bonds is 6. The van der Waals surface area contributed by atoms with Crippen LogP contribution in [0.3, 0.4) is 0 Å². The van der Waals surface area contributed by atoms with E-state index in [9.17, 15) is 0 Å². The fraction of sp³-hybridized carbons (Fsp3) is 0.500. The van der Waals surface area contributed by atoms with E-state index in [1.165, 1.54) is 22.4 Å². The van der Waals surface area contributed by atoms with Gasteiger partial charge in [0.15, 0.2) is 0 Å². The van der Waals surface area contributed by atoms with E-state index in [4.69, 9.17) is 0 Å². The van der Waals surface area contributed by atoms with E-state index in [0.717, 1.165) is 13.0 Å². The molecular formula is C18H27N3. The summed E-state index contributed by atoms with van der Waals surface area (Å²) in [5.41, 5.74) is 5.26. The van der Waals surface area contributed by atoms with Gasteiger partial charge in [-0.25, -0.2) is 0 Å². The van der Waals surface area contributed by atoms with Gasteiger partial charge in [0.1, 0.15) is 0 Å². The summed E-state index contributed by atoms with van der Waals surface area (Å²) in [5, 5.41) is 8.00. The molecule has 1 heterocycles. The Bertz CT molecular complexity index is 567. The smallest absolute Gasteiger partial charge is 0.0537 e. The summed E-state index contributed by atoms with van der Waals surface area (Å²) in [6.07, 6.45) is 3.05. The van der Waals surface area contributed by atoms with Crippen molar-refractivity contribution >= 4 is 0 Å². The normalized spacial score (nSPS) is 12.9. The second-order valence-corrected chi connectivity index (χ2v) is 6.08. The molecule has 0 aliphatic heterocycles. The summed E-state index contributed by atoms with van der Waals surface area (Å²) in [4.78, 5) is 0. The molecule has 0 fully saturated rings. The number of benzene rings is 1. The first-order valence-electron chi connectivity index (χ1n) is 7.82. The number of aromatic nitrogens is 2. The van der Waals surface area contributed by atoms with Crippen molar-refractivity contribution in [3.63, 3.8) is 0 Å². The Labute approximate surface area is 128 Å². The van der Waals surface area contributed by atoms with Gasteiger partial charge in [-0.2, -0.15) is 5.10 Å². The van der Waals surface area contributed by atoms with Gasteiger partial charge in [-0.05, 0) is 30.4 Å². The van der Waals surface area contributed by atoms with Crippen molar-refractivity contribution in [3.05, 3.63) is 52.8 Å². The van der Waals surface area contributed by atoms with Crippen molar-refractivity contribution in [2.45, 2.75) is 46.7 Å². The van der Waals surface area contributed by atoms with E-state index >= 15 is 0 Å². The molecular weight excluding hydrogens is 258 g/mol. The van der Waals surface area contributed by atoms with Crippen molar-refractivity contribution < 1.29 is 0 Å². The Morgan fingerprint density at radius 2 is 1.86 bits per heavy atom. The number of nitrogens with one attached hydrogen (secondary N) is 1. The molecule has 3 heteroatoms. The fourth-order valence-electron chi connectivity index (χ4n) is 2.64. The lowest BCUT2D eigenvalue weighted by Gasteiger charge is -2.23. The minimum atomic E-state index is 0.371. The second-order valence-electron chi connectivity index (χ2n) is 6.08. The topological polar surface area (TPSA) is 29.9 Å². The summed E-state index contributed by atoms with van der Waals surface area (Å²) in [5.74, 6) is 0.550. The minimum Gasteiger partial charge on any atom is -0.306 e. The molecule has 0 amide bonds. The van der Waals surface area contributed by atoms with Crippen LogP contribution in [-0.2, 0) is 20.0 Å². The lowest BCUT2D eigenvalue weighted by atomic mass is 9.94. The van der Waals surface area contributed by atoms with Crippen molar-refractivity contribution in [1.82, 2.24) is 15.1 Å². The van der Waals surface area contributed by atoms with Gasteiger partial charge in [-0.15, -0.1) is 0 Å². The maximum atomic E-state index is 4.31. The minimum absolute atomic E-state index is 0.371. The maximum Gasteiger partial charge on any atom is 0.0537 e. The van der Waals surface area contributed by atoms with Gasteiger partial charge >= 0.3 is 0 Å². The number of nitrogens with zero attached hydrogens (tertiary/aromatic N) is 2. The highest BCUT2D eigenvalue weighted by molar-refractivity contribution is 5.26. The summed E-state index contributed by atoms with van der Waals surface area (Å²) in [6, 6.07) is 9.36. The molecule has 0 saturated carbocycles. The van der Waals surface area contributed by atoms with E-state index in [1.54, 1.807) is 0 Å². The van der Waals surface area contributed by atoms with Crippen molar-refractivity contribution in [1.29, 1.82) is 0 Å². The van der Waals surface area contributed by atoms with Crippen LogP contribution in [0.15, 0.2) is 30.5 Å². The Morgan fingerprint density at radius 1 is 1.19 bits per heavy atom. The van der Waals surface area contributed by atoms with Gasteiger partial charge in [0, 0.05) is 30.9 Å². The first-order valence-corrected chi connectivity index (χ1v) is 7.82.